The Hall–Kier alpha value is -0.840. The standard InChI is InChI=1S/C11H19NO3/c1-9(14)5-6-12(2)7-10-3-4-11(8-13)15-10/h3-4,9,13-14H,5-8H2,1-2H3. The van der Waals surface area contributed by atoms with Crippen molar-refractivity contribution in [1.29, 1.82) is 0 Å². The molecule has 0 amide bonds. The topological polar surface area (TPSA) is 56.8 Å². The lowest BCUT2D eigenvalue weighted by atomic mass is 10.2. The van der Waals surface area contributed by atoms with Crippen LogP contribution in [-0.4, -0.2) is 34.8 Å². The Balaban J connectivity index is 2.33. The van der Waals surface area contributed by atoms with Crippen LogP contribution >= 0.6 is 0 Å². The van der Waals surface area contributed by atoms with E-state index in [0.29, 0.717) is 12.3 Å². The van der Waals surface area contributed by atoms with Gasteiger partial charge >= 0.3 is 0 Å². The highest BCUT2D eigenvalue weighted by molar-refractivity contribution is 5.06. The van der Waals surface area contributed by atoms with E-state index in [9.17, 15) is 0 Å². The first-order chi connectivity index (χ1) is 7.11. The first-order valence-electron chi connectivity index (χ1n) is 5.17. The van der Waals surface area contributed by atoms with Crippen LogP contribution in [0.4, 0.5) is 0 Å². The third-order valence-electron chi connectivity index (χ3n) is 2.23. The fourth-order valence-corrected chi connectivity index (χ4v) is 1.34. The highest BCUT2D eigenvalue weighted by atomic mass is 16.4. The predicted octanol–water partition coefficient (Wildman–Crippen LogP) is 0.975. The van der Waals surface area contributed by atoms with Crippen LogP contribution in [0, 0.1) is 0 Å². The number of rotatable bonds is 6. The van der Waals surface area contributed by atoms with E-state index < -0.39 is 0 Å². The Bertz CT molecular complexity index is 283. The average molecular weight is 213 g/mol. The second kappa shape index (κ2) is 5.90. The van der Waals surface area contributed by atoms with Gasteiger partial charge in [-0.15, -0.1) is 0 Å². The minimum atomic E-state index is -0.267. The lowest BCUT2D eigenvalue weighted by Crippen LogP contribution is -2.21. The summed E-state index contributed by atoms with van der Waals surface area (Å²) in [4.78, 5) is 2.08. The summed E-state index contributed by atoms with van der Waals surface area (Å²) in [5, 5.41) is 17.9. The van der Waals surface area contributed by atoms with Gasteiger partial charge in [0.05, 0.1) is 12.6 Å². The molecule has 4 nitrogen and oxygen atoms in total. The van der Waals surface area contributed by atoms with Gasteiger partial charge in [0, 0.05) is 6.54 Å². The average Bonchev–Trinajstić information content (AvgIpc) is 2.62. The molecule has 0 radical (unpaired) electrons. The van der Waals surface area contributed by atoms with Crippen LogP contribution in [0.1, 0.15) is 24.9 Å². The Morgan fingerprint density at radius 2 is 2.07 bits per heavy atom. The van der Waals surface area contributed by atoms with Crippen molar-refractivity contribution in [3.05, 3.63) is 23.7 Å². The summed E-state index contributed by atoms with van der Waals surface area (Å²) in [6.45, 7) is 3.25. The Labute approximate surface area is 90.1 Å². The summed E-state index contributed by atoms with van der Waals surface area (Å²) in [5.41, 5.74) is 0. The van der Waals surface area contributed by atoms with Crippen molar-refractivity contribution < 1.29 is 14.6 Å². The highest BCUT2D eigenvalue weighted by Gasteiger charge is 2.06. The first kappa shape index (κ1) is 12.2. The van der Waals surface area contributed by atoms with Gasteiger partial charge in [0.1, 0.15) is 18.1 Å². The predicted molar refractivity (Wildman–Crippen MR) is 57.3 cm³/mol. The summed E-state index contributed by atoms with van der Waals surface area (Å²) in [6, 6.07) is 3.64. The zero-order valence-electron chi connectivity index (χ0n) is 9.31. The number of hydrogen-bond acceptors (Lipinski definition) is 4. The van der Waals surface area contributed by atoms with Gasteiger partial charge in [0.15, 0.2) is 0 Å². The lowest BCUT2D eigenvalue weighted by molar-refractivity contribution is 0.159. The van der Waals surface area contributed by atoms with Crippen LogP contribution in [0.5, 0.6) is 0 Å². The fraction of sp³-hybridized carbons (Fsp3) is 0.636. The molecule has 1 atom stereocenters. The van der Waals surface area contributed by atoms with Gasteiger partial charge in [0.2, 0.25) is 0 Å². The number of aliphatic hydroxyl groups is 2. The molecule has 0 aliphatic heterocycles. The molecule has 1 aromatic rings. The molecule has 2 N–H and O–H groups in total. The SMILES string of the molecule is CC(O)CCN(C)Cc1ccc(CO)o1. The van der Waals surface area contributed by atoms with Gasteiger partial charge in [-0.25, -0.2) is 0 Å². The molecule has 0 bridgehead atoms. The van der Waals surface area contributed by atoms with Crippen LogP contribution in [-0.2, 0) is 13.2 Å². The molecule has 86 valence electrons. The molecule has 0 fully saturated rings. The zero-order chi connectivity index (χ0) is 11.3. The van der Waals surface area contributed by atoms with Gasteiger partial charge in [-0.1, -0.05) is 0 Å². The van der Waals surface area contributed by atoms with E-state index >= 15 is 0 Å². The number of hydrogen-bond donors (Lipinski definition) is 2. The number of nitrogens with zero attached hydrogens (tertiary/aromatic N) is 1. The molecule has 0 saturated carbocycles. The second-order valence-electron chi connectivity index (χ2n) is 3.90. The Kier molecular flexibility index (Phi) is 4.81. The Morgan fingerprint density at radius 3 is 2.60 bits per heavy atom. The fourth-order valence-electron chi connectivity index (χ4n) is 1.34. The van der Waals surface area contributed by atoms with E-state index in [-0.39, 0.29) is 12.7 Å². The van der Waals surface area contributed by atoms with Gasteiger partial charge in [-0.2, -0.15) is 0 Å². The number of furan rings is 1. The van der Waals surface area contributed by atoms with E-state index in [4.69, 9.17) is 14.6 Å². The van der Waals surface area contributed by atoms with Crippen molar-refractivity contribution >= 4 is 0 Å². The van der Waals surface area contributed by atoms with Crippen LogP contribution in [0.15, 0.2) is 16.5 Å². The quantitative estimate of drug-likeness (QED) is 0.739. The van der Waals surface area contributed by atoms with E-state index in [2.05, 4.69) is 4.90 Å². The minimum absolute atomic E-state index is 0.0581. The van der Waals surface area contributed by atoms with Gasteiger partial charge in [-0.05, 0) is 32.5 Å². The maximum Gasteiger partial charge on any atom is 0.129 e. The summed E-state index contributed by atoms with van der Waals surface area (Å²) in [7, 11) is 1.98. The maximum absolute atomic E-state index is 9.13. The normalized spacial score (nSPS) is 13.4. The Morgan fingerprint density at radius 1 is 1.40 bits per heavy atom. The van der Waals surface area contributed by atoms with Crippen LogP contribution in [0.25, 0.3) is 0 Å². The van der Waals surface area contributed by atoms with Crippen molar-refractivity contribution in [2.45, 2.75) is 32.6 Å². The molecule has 4 heteroatoms. The summed E-state index contributed by atoms with van der Waals surface area (Å²) < 4.78 is 5.36. The van der Waals surface area contributed by atoms with Gasteiger partial charge < -0.3 is 14.6 Å². The molecule has 1 aromatic heterocycles. The number of aliphatic hydroxyl groups excluding tert-OH is 2. The highest BCUT2D eigenvalue weighted by Crippen LogP contribution is 2.10. The summed E-state index contributed by atoms with van der Waals surface area (Å²) in [5.74, 6) is 1.43. The van der Waals surface area contributed by atoms with E-state index in [1.165, 1.54) is 0 Å². The molecule has 0 aliphatic rings. The molecule has 0 saturated heterocycles. The molecule has 0 aliphatic carbocycles. The third-order valence-corrected chi connectivity index (χ3v) is 2.23. The molecule has 1 unspecified atom stereocenters. The lowest BCUT2D eigenvalue weighted by Gasteiger charge is -2.15. The van der Waals surface area contributed by atoms with E-state index in [1.54, 1.807) is 13.0 Å². The molecule has 1 heterocycles. The van der Waals surface area contributed by atoms with Crippen molar-refractivity contribution in [3.63, 3.8) is 0 Å². The second-order valence-corrected chi connectivity index (χ2v) is 3.90. The van der Waals surface area contributed by atoms with Crippen LogP contribution < -0.4 is 0 Å². The molecular weight excluding hydrogens is 194 g/mol. The molecule has 0 aromatic carbocycles. The van der Waals surface area contributed by atoms with Crippen molar-refractivity contribution in [1.82, 2.24) is 4.90 Å². The van der Waals surface area contributed by atoms with Gasteiger partial charge in [0.25, 0.3) is 0 Å². The molecule has 0 spiro atoms. The molecular formula is C11H19NO3. The third kappa shape index (κ3) is 4.46. The van der Waals surface area contributed by atoms with E-state index in [0.717, 1.165) is 18.7 Å². The first-order valence-corrected chi connectivity index (χ1v) is 5.17. The zero-order valence-corrected chi connectivity index (χ0v) is 9.31. The van der Waals surface area contributed by atoms with Crippen molar-refractivity contribution in [2.24, 2.45) is 0 Å². The smallest absolute Gasteiger partial charge is 0.129 e. The summed E-state index contributed by atoms with van der Waals surface area (Å²) in [6.07, 6.45) is 0.487. The monoisotopic (exact) mass is 213 g/mol. The maximum atomic E-state index is 9.13. The molecule has 15 heavy (non-hydrogen) atoms. The van der Waals surface area contributed by atoms with Crippen LogP contribution in [0.3, 0.4) is 0 Å². The van der Waals surface area contributed by atoms with Crippen molar-refractivity contribution in [2.75, 3.05) is 13.6 Å². The van der Waals surface area contributed by atoms with E-state index in [1.807, 2.05) is 13.1 Å². The van der Waals surface area contributed by atoms with Crippen LogP contribution in [0.2, 0.25) is 0 Å². The van der Waals surface area contributed by atoms with Crippen molar-refractivity contribution in [3.8, 4) is 0 Å². The van der Waals surface area contributed by atoms with Gasteiger partial charge in [-0.3, -0.25) is 4.90 Å². The minimum Gasteiger partial charge on any atom is -0.462 e. The largest absolute Gasteiger partial charge is 0.462 e. The summed E-state index contributed by atoms with van der Waals surface area (Å²) >= 11 is 0. The molecule has 1 rings (SSSR count).